The topological polar surface area (TPSA) is 56.8 Å². The summed E-state index contributed by atoms with van der Waals surface area (Å²) >= 11 is 0. The fourth-order valence-corrected chi connectivity index (χ4v) is 7.46. The molecule has 3 aromatic rings. The van der Waals surface area contributed by atoms with Gasteiger partial charge in [0.25, 0.3) is 5.91 Å². The van der Waals surface area contributed by atoms with Crippen LogP contribution >= 0.6 is 0 Å². The average Bonchev–Trinajstić information content (AvgIpc) is 3.11. The molecule has 2 saturated heterocycles. The Kier molecular flexibility index (Phi) is 10.4. The fourth-order valence-electron chi connectivity index (χ4n) is 7.46. The molecule has 0 spiro atoms. The van der Waals surface area contributed by atoms with Crippen molar-refractivity contribution < 1.29 is 9.59 Å². The number of amides is 2. The van der Waals surface area contributed by atoms with E-state index in [0.29, 0.717) is 23.9 Å². The summed E-state index contributed by atoms with van der Waals surface area (Å²) < 4.78 is 0. The van der Waals surface area contributed by atoms with Crippen molar-refractivity contribution in [3.05, 3.63) is 78.4 Å². The minimum atomic E-state index is 0.0744. The minimum absolute atomic E-state index is 0.0744. The highest BCUT2D eigenvalue weighted by Gasteiger charge is 2.30. The Morgan fingerprint density at radius 3 is 1.84 bits per heavy atom. The number of carbonyl (C=O) groups excluding carboxylic acids is 2. The molecule has 0 N–H and O–H groups in total. The van der Waals surface area contributed by atoms with E-state index in [9.17, 15) is 9.59 Å². The Morgan fingerprint density at radius 2 is 1.25 bits per heavy atom. The van der Waals surface area contributed by atoms with E-state index in [2.05, 4.69) is 9.80 Å². The number of piperidine rings is 1. The first-order chi connectivity index (χ1) is 21.6. The van der Waals surface area contributed by atoms with Crippen molar-refractivity contribution in [2.24, 2.45) is 5.92 Å². The molecule has 232 valence electrons. The van der Waals surface area contributed by atoms with Crippen LogP contribution in [0.15, 0.2) is 72.8 Å². The Balaban J connectivity index is 0.994. The zero-order valence-electron chi connectivity index (χ0n) is 26.2. The van der Waals surface area contributed by atoms with Crippen molar-refractivity contribution in [1.82, 2.24) is 19.7 Å². The molecule has 1 aliphatic carbocycles. The maximum absolute atomic E-state index is 13.8. The van der Waals surface area contributed by atoms with E-state index < -0.39 is 0 Å². The van der Waals surface area contributed by atoms with E-state index >= 15 is 0 Å². The van der Waals surface area contributed by atoms with Gasteiger partial charge < -0.3 is 9.80 Å². The average molecular weight is 593 g/mol. The summed E-state index contributed by atoms with van der Waals surface area (Å²) in [4.78, 5) is 38.3. The lowest BCUT2D eigenvalue weighted by Gasteiger charge is -2.42. The SMILES string of the molecule is O=C(CCCCC1CCCCC1)N1CCC(N2CCN(C(=O)c3cc(-c4ccccc4)nc(-c4ccccc4)c3)CC2)CC1. The molecule has 2 amide bonds. The van der Waals surface area contributed by atoms with Crippen molar-refractivity contribution in [3.8, 4) is 22.5 Å². The van der Waals surface area contributed by atoms with Gasteiger partial charge in [0.15, 0.2) is 0 Å². The maximum atomic E-state index is 13.8. The van der Waals surface area contributed by atoms with E-state index in [1.807, 2.05) is 77.7 Å². The van der Waals surface area contributed by atoms with E-state index in [1.165, 1.54) is 44.9 Å². The highest BCUT2D eigenvalue weighted by Crippen LogP contribution is 2.29. The second-order valence-corrected chi connectivity index (χ2v) is 13.0. The Morgan fingerprint density at radius 1 is 0.659 bits per heavy atom. The Labute approximate surface area is 263 Å². The van der Waals surface area contributed by atoms with Gasteiger partial charge in [0.1, 0.15) is 0 Å². The molecule has 6 nitrogen and oxygen atoms in total. The molecule has 2 aromatic carbocycles. The minimum Gasteiger partial charge on any atom is -0.343 e. The monoisotopic (exact) mass is 592 g/mol. The number of piperazine rings is 1. The maximum Gasteiger partial charge on any atom is 0.254 e. The lowest BCUT2D eigenvalue weighted by molar-refractivity contribution is -0.133. The number of hydrogen-bond acceptors (Lipinski definition) is 4. The highest BCUT2D eigenvalue weighted by molar-refractivity contribution is 5.96. The summed E-state index contributed by atoms with van der Waals surface area (Å²) in [5.74, 6) is 1.34. The molecule has 1 saturated carbocycles. The molecule has 3 heterocycles. The predicted molar refractivity (Wildman–Crippen MR) is 177 cm³/mol. The molecule has 1 aromatic heterocycles. The molecule has 3 fully saturated rings. The van der Waals surface area contributed by atoms with Crippen LogP contribution in [-0.2, 0) is 4.79 Å². The van der Waals surface area contributed by atoms with Crippen LogP contribution in [0.5, 0.6) is 0 Å². The molecule has 44 heavy (non-hydrogen) atoms. The van der Waals surface area contributed by atoms with E-state index in [-0.39, 0.29) is 5.91 Å². The van der Waals surface area contributed by atoms with Gasteiger partial charge >= 0.3 is 0 Å². The predicted octanol–water partition coefficient (Wildman–Crippen LogP) is 7.31. The second-order valence-electron chi connectivity index (χ2n) is 13.0. The number of likely N-dealkylation sites (tertiary alicyclic amines) is 1. The zero-order chi connectivity index (χ0) is 30.1. The van der Waals surface area contributed by atoms with Crippen LogP contribution in [0.25, 0.3) is 22.5 Å². The number of unbranched alkanes of at least 4 members (excludes halogenated alkanes) is 1. The van der Waals surface area contributed by atoms with Gasteiger partial charge in [-0.2, -0.15) is 0 Å². The second kappa shape index (κ2) is 15.0. The van der Waals surface area contributed by atoms with Gasteiger partial charge in [0.05, 0.1) is 11.4 Å². The normalized spacial score (nSPS) is 18.8. The molecule has 6 heteroatoms. The summed E-state index contributed by atoms with van der Waals surface area (Å²) in [6.45, 7) is 4.95. The van der Waals surface area contributed by atoms with Gasteiger partial charge in [0, 0.05) is 68.4 Å². The summed E-state index contributed by atoms with van der Waals surface area (Å²) in [6, 6.07) is 24.6. The van der Waals surface area contributed by atoms with Crippen molar-refractivity contribution in [2.45, 2.75) is 76.7 Å². The van der Waals surface area contributed by atoms with Crippen LogP contribution in [0.4, 0.5) is 0 Å². The molecule has 0 atom stereocenters. The third kappa shape index (κ3) is 7.76. The molecule has 0 radical (unpaired) electrons. The zero-order valence-corrected chi connectivity index (χ0v) is 26.2. The van der Waals surface area contributed by atoms with Gasteiger partial charge in [-0.3, -0.25) is 14.5 Å². The number of carbonyl (C=O) groups is 2. The molecular formula is C38H48N4O2. The number of pyridine rings is 1. The molecule has 6 rings (SSSR count). The lowest BCUT2D eigenvalue weighted by atomic mass is 9.85. The smallest absolute Gasteiger partial charge is 0.254 e. The van der Waals surface area contributed by atoms with Gasteiger partial charge in [-0.1, -0.05) is 106 Å². The van der Waals surface area contributed by atoms with Crippen LogP contribution in [-0.4, -0.2) is 76.8 Å². The van der Waals surface area contributed by atoms with Gasteiger partial charge in [-0.05, 0) is 37.3 Å². The fraction of sp³-hybridized carbons (Fsp3) is 0.500. The summed E-state index contributed by atoms with van der Waals surface area (Å²) in [5.41, 5.74) is 4.34. The van der Waals surface area contributed by atoms with Crippen LogP contribution in [0.1, 0.15) is 81.0 Å². The lowest BCUT2D eigenvalue weighted by Crippen LogP contribution is -2.54. The van der Waals surface area contributed by atoms with Gasteiger partial charge in [-0.25, -0.2) is 4.98 Å². The molecule has 0 bridgehead atoms. The third-order valence-corrected chi connectivity index (χ3v) is 10.1. The first-order valence-corrected chi connectivity index (χ1v) is 17.1. The number of benzene rings is 2. The first kappa shape index (κ1) is 30.5. The summed E-state index contributed by atoms with van der Waals surface area (Å²) in [6.07, 6.45) is 13.4. The van der Waals surface area contributed by atoms with Crippen molar-refractivity contribution >= 4 is 11.8 Å². The number of nitrogens with zero attached hydrogens (tertiary/aromatic N) is 4. The quantitative estimate of drug-likeness (QED) is 0.245. The van der Waals surface area contributed by atoms with Gasteiger partial charge in [-0.15, -0.1) is 0 Å². The van der Waals surface area contributed by atoms with E-state index in [4.69, 9.17) is 4.98 Å². The highest BCUT2D eigenvalue weighted by atomic mass is 16.2. The standard InChI is InChI=1S/C38H48N4O2/c43-37(19-11-10-14-30-12-4-1-5-13-30)41-22-20-34(21-23-41)40-24-26-42(27-25-40)38(44)33-28-35(31-15-6-2-7-16-31)39-36(29-33)32-17-8-3-9-18-32/h2-3,6-9,15-18,28-30,34H,1,4-5,10-14,19-27H2. The Hall–Kier alpha value is -3.51. The number of rotatable bonds is 9. The van der Waals surface area contributed by atoms with Crippen molar-refractivity contribution in [3.63, 3.8) is 0 Å². The molecule has 2 aliphatic heterocycles. The van der Waals surface area contributed by atoms with Crippen molar-refractivity contribution in [1.29, 1.82) is 0 Å². The summed E-state index contributed by atoms with van der Waals surface area (Å²) in [7, 11) is 0. The number of hydrogen-bond donors (Lipinski definition) is 0. The summed E-state index contributed by atoms with van der Waals surface area (Å²) in [5, 5.41) is 0. The third-order valence-electron chi connectivity index (χ3n) is 10.1. The van der Waals surface area contributed by atoms with E-state index in [0.717, 1.165) is 87.0 Å². The number of aromatic nitrogens is 1. The largest absolute Gasteiger partial charge is 0.343 e. The first-order valence-electron chi connectivity index (χ1n) is 17.1. The molecule has 0 unspecified atom stereocenters. The van der Waals surface area contributed by atoms with E-state index in [1.54, 1.807) is 0 Å². The van der Waals surface area contributed by atoms with Crippen LogP contribution < -0.4 is 0 Å². The van der Waals surface area contributed by atoms with Gasteiger partial charge in [0.2, 0.25) is 5.91 Å². The van der Waals surface area contributed by atoms with Crippen LogP contribution in [0.3, 0.4) is 0 Å². The molecular weight excluding hydrogens is 544 g/mol. The molecule has 3 aliphatic rings. The van der Waals surface area contributed by atoms with Crippen molar-refractivity contribution in [2.75, 3.05) is 39.3 Å². The Bertz CT molecular complexity index is 1300. The van der Waals surface area contributed by atoms with Crippen LogP contribution in [0, 0.1) is 5.92 Å². The van der Waals surface area contributed by atoms with Crippen LogP contribution in [0.2, 0.25) is 0 Å².